The summed E-state index contributed by atoms with van der Waals surface area (Å²) in [6, 6.07) is 0. The summed E-state index contributed by atoms with van der Waals surface area (Å²) in [5.74, 6) is 0.0608. The van der Waals surface area contributed by atoms with Crippen molar-refractivity contribution in [3.63, 3.8) is 0 Å². The number of nitrogens with zero attached hydrogens (tertiary/aromatic N) is 1. The van der Waals surface area contributed by atoms with Gasteiger partial charge in [0.15, 0.2) is 0 Å². The van der Waals surface area contributed by atoms with Gasteiger partial charge in [-0.3, -0.25) is 8.76 Å². The smallest absolute Gasteiger partial charge is 0.290 e. The fraction of sp³-hybridized carbons (Fsp3) is 1.00. The van der Waals surface area contributed by atoms with Crippen LogP contribution in [0.1, 0.15) is 96.8 Å². The maximum atomic E-state index is 12.2. The summed E-state index contributed by atoms with van der Waals surface area (Å²) in [7, 11) is -3.14. The van der Waals surface area contributed by atoms with E-state index in [-0.39, 0.29) is 5.75 Å². The monoisotopic (exact) mass is 430 g/mol. The summed E-state index contributed by atoms with van der Waals surface area (Å²) in [4.78, 5) is 0. The van der Waals surface area contributed by atoms with Gasteiger partial charge in [-0.25, -0.2) is 8.42 Å². The third-order valence-corrected chi connectivity index (χ3v) is 9.06. The van der Waals surface area contributed by atoms with Crippen LogP contribution in [0.4, 0.5) is 0 Å². The van der Waals surface area contributed by atoms with E-state index in [1.807, 2.05) is 0 Å². The van der Waals surface area contributed by atoms with Gasteiger partial charge in [-0.05, 0) is 17.5 Å². The average Bonchev–Trinajstić information content (AvgIpc) is 2.53. The molecule has 0 aliphatic rings. The van der Waals surface area contributed by atoms with Gasteiger partial charge in [0, 0.05) is 5.75 Å². The zero-order valence-corrected chi connectivity index (χ0v) is 18.5. The summed E-state index contributed by atoms with van der Waals surface area (Å²) in [5.41, 5.74) is 0. The van der Waals surface area contributed by atoms with Crippen molar-refractivity contribution in [1.29, 1.82) is 0 Å². The molecular weight excluding hydrogens is 394 g/mol. The van der Waals surface area contributed by atoms with E-state index in [4.69, 9.17) is 4.55 Å². The Bertz CT molecular complexity index is 505. The molecular formula is C17H36NO5S3-. The van der Waals surface area contributed by atoms with Gasteiger partial charge < -0.3 is 4.55 Å². The molecule has 0 aromatic rings. The highest BCUT2D eigenvalue weighted by molar-refractivity contribution is 8.07. The van der Waals surface area contributed by atoms with Gasteiger partial charge in [-0.15, -0.1) is 3.77 Å². The van der Waals surface area contributed by atoms with Gasteiger partial charge in [-0.2, -0.15) is 0 Å². The van der Waals surface area contributed by atoms with Gasteiger partial charge >= 0.3 is 0 Å². The van der Waals surface area contributed by atoms with Crippen LogP contribution in [0, 0.1) is 0 Å². The fourth-order valence-corrected chi connectivity index (χ4v) is 7.02. The SMILES string of the molecule is CCCCCCCCCCCCCCCCS(=O)(CS(=O)[O-])=NS(=O)O. The molecule has 26 heavy (non-hydrogen) atoms. The van der Waals surface area contributed by atoms with Crippen LogP contribution in [0.2, 0.25) is 0 Å². The Balaban J connectivity index is 3.61. The largest absolute Gasteiger partial charge is 0.772 e. The first kappa shape index (κ1) is 26.2. The molecule has 0 aliphatic carbocycles. The molecule has 0 amide bonds. The Labute approximate surface area is 165 Å². The van der Waals surface area contributed by atoms with E-state index in [2.05, 4.69) is 10.7 Å². The highest BCUT2D eigenvalue weighted by Gasteiger charge is 2.11. The molecule has 0 radical (unpaired) electrons. The molecule has 0 saturated carbocycles. The van der Waals surface area contributed by atoms with Crippen molar-refractivity contribution in [3.05, 3.63) is 0 Å². The number of rotatable bonds is 18. The fourth-order valence-electron chi connectivity index (χ4n) is 2.91. The first-order valence-corrected chi connectivity index (χ1v) is 13.9. The van der Waals surface area contributed by atoms with Gasteiger partial charge in [0.25, 0.3) is 11.3 Å². The van der Waals surface area contributed by atoms with Crippen molar-refractivity contribution in [1.82, 2.24) is 0 Å². The second-order valence-electron chi connectivity index (χ2n) is 6.80. The summed E-state index contributed by atoms with van der Waals surface area (Å²) in [5, 5.41) is -0.669. The second kappa shape index (κ2) is 17.3. The van der Waals surface area contributed by atoms with E-state index in [1.54, 1.807) is 0 Å². The Hall–Kier alpha value is 0.170. The first-order chi connectivity index (χ1) is 12.4. The lowest BCUT2D eigenvalue weighted by Gasteiger charge is -2.10. The van der Waals surface area contributed by atoms with E-state index < -0.39 is 37.2 Å². The van der Waals surface area contributed by atoms with Crippen LogP contribution in [0.15, 0.2) is 3.77 Å². The van der Waals surface area contributed by atoms with Crippen LogP contribution in [-0.2, 0) is 32.1 Å². The summed E-state index contributed by atoms with van der Waals surface area (Å²) < 4.78 is 56.3. The van der Waals surface area contributed by atoms with Crippen LogP contribution in [-0.4, -0.2) is 32.6 Å². The molecule has 6 nitrogen and oxygen atoms in total. The van der Waals surface area contributed by atoms with Crippen LogP contribution < -0.4 is 0 Å². The molecule has 0 rings (SSSR count). The van der Waals surface area contributed by atoms with Crippen molar-refractivity contribution in [2.45, 2.75) is 96.8 Å². The summed E-state index contributed by atoms with van der Waals surface area (Å²) in [6.45, 7) is 2.24. The van der Waals surface area contributed by atoms with Crippen molar-refractivity contribution < 1.29 is 21.7 Å². The Morgan fingerprint density at radius 3 is 1.54 bits per heavy atom. The highest BCUT2D eigenvalue weighted by Crippen LogP contribution is 2.13. The zero-order valence-electron chi connectivity index (χ0n) is 16.1. The van der Waals surface area contributed by atoms with Gasteiger partial charge in [0.2, 0.25) is 0 Å². The molecule has 1 N–H and O–H groups in total. The van der Waals surface area contributed by atoms with Crippen molar-refractivity contribution in [2.24, 2.45) is 3.77 Å². The molecule has 3 atom stereocenters. The molecule has 0 aromatic carbocycles. The Kier molecular flexibility index (Phi) is 17.4. The Morgan fingerprint density at radius 2 is 1.19 bits per heavy atom. The van der Waals surface area contributed by atoms with E-state index in [0.29, 0.717) is 6.42 Å². The van der Waals surface area contributed by atoms with E-state index in [9.17, 15) is 17.2 Å². The van der Waals surface area contributed by atoms with Gasteiger partial charge in [0.05, 0.1) is 14.8 Å². The van der Waals surface area contributed by atoms with Crippen molar-refractivity contribution in [2.75, 3.05) is 10.8 Å². The molecule has 3 unspecified atom stereocenters. The van der Waals surface area contributed by atoms with Gasteiger partial charge in [-0.1, -0.05) is 90.4 Å². The third-order valence-electron chi connectivity index (χ3n) is 4.30. The van der Waals surface area contributed by atoms with Crippen molar-refractivity contribution in [3.8, 4) is 0 Å². The van der Waals surface area contributed by atoms with Crippen LogP contribution in [0.25, 0.3) is 0 Å². The predicted molar refractivity (Wildman–Crippen MR) is 110 cm³/mol. The van der Waals surface area contributed by atoms with Crippen LogP contribution in [0.3, 0.4) is 0 Å². The molecule has 0 heterocycles. The topological polar surface area (TPSA) is 107 Å². The average molecular weight is 431 g/mol. The second-order valence-corrected chi connectivity index (χ2v) is 11.4. The molecule has 0 spiro atoms. The quantitative estimate of drug-likeness (QED) is 0.245. The lowest BCUT2D eigenvalue weighted by atomic mass is 10.0. The van der Waals surface area contributed by atoms with Gasteiger partial charge in [0.1, 0.15) is 0 Å². The van der Waals surface area contributed by atoms with E-state index >= 15 is 0 Å². The van der Waals surface area contributed by atoms with Crippen molar-refractivity contribution >= 4 is 32.1 Å². The molecule has 0 saturated heterocycles. The maximum absolute atomic E-state index is 12.2. The summed E-state index contributed by atoms with van der Waals surface area (Å²) >= 11 is -5.13. The minimum atomic E-state index is -3.14. The molecule has 0 fully saturated rings. The lowest BCUT2D eigenvalue weighted by Crippen LogP contribution is -2.15. The third kappa shape index (κ3) is 17.6. The normalized spacial score (nSPS) is 16.1. The number of hydrogen-bond acceptors (Lipinski definition) is 4. The summed E-state index contributed by atoms with van der Waals surface area (Å²) in [6.07, 6.45) is 16.7. The minimum Gasteiger partial charge on any atom is -0.772 e. The molecule has 0 aromatic heterocycles. The molecule has 0 bridgehead atoms. The molecule has 9 heteroatoms. The molecule has 0 aliphatic heterocycles. The van der Waals surface area contributed by atoms with Crippen LogP contribution >= 0.6 is 0 Å². The number of hydrogen-bond donors (Lipinski definition) is 1. The highest BCUT2D eigenvalue weighted by atomic mass is 32.3. The lowest BCUT2D eigenvalue weighted by molar-refractivity contribution is 0.538. The van der Waals surface area contributed by atoms with E-state index in [0.717, 1.165) is 19.3 Å². The standard InChI is InChI=1S/C17H37NO5S3/c1-2-3-4-5-6-7-8-9-10-11-12-13-14-15-16-26(23,17-24(19)20)18-25(21)22/h2-17H2,1H3,(H,19,20)(H,21,22)/p-1. The zero-order chi connectivity index (χ0) is 19.7. The van der Waals surface area contributed by atoms with Crippen LogP contribution in [0.5, 0.6) is 0 Å². The number of unbranched alkanes of at least 4 members (excludes halogenated alkanes) is 13. The van der Waals surface area contributed by atoms with E-state index in [1.165, 1.54) is 64.2 Å². The Morgan fingerprint density at radius 1 is 0.808 bits per heavy atom. The first-order valence-electron chi connectivity index (χ1n) is 9.79. The molecule has 158 valence electrons. The predicted octanol–water partition coefficient (Wildman–Crippen LogP) is 4.91. The minimum absolute atomic E-state index is 0.0608. The maximum Gasteiger partial charge on any atom is 0.290 e.